The molecule has 2 amide bonds. The van der Waals surface area contributed by atoms with Crippen molar-refractivity contribution >= 4 is 6.03 Å². The maximum atomic E-state index is 10.7. The Morgan fingerprint density at radius 2 is 1.93 bits per heavy atom. The van der Waals surface area contributed by atoms with Gasteiger partial charge in [-0.3, -0.25) is 0 Å². The molecule has 0 radical (unpaired) electrons. The maximum Gasteiger partial charge on any atom is 0.314 e. The number of hydrogen-bond acceptors (Lipinski definition) is 1. The number of nitrogens with zero attached hydrogens (tertiary/aromatic N) is 1. The van der Waals surface area contributed by atoms with Gasteiger partial charge in [-0.25, -0.2) is 4.79 Å². The summed E-state index contributed by atoms with van der Waals surface area (Å²) in [6.07, 6.45) is 0.847. The first-order valence-electron chi connectivity index (χ1n) is 4.65. The molecule has 3 heteroatoms. The van der Waals surface area contributed by atoms with E-state index in [0.29, 0.717) is 6.54 Å². The summed E-state index contributed by atoms with van der Waals surface area (Å²) in [5.74, 6) is 0. The Balaban J connectivity index is 2.46. The van der Waals surface area contributed by atoms with Crippen molar-refractivity contribution in [1.82, 2.24) is 4.90 Å². The number of amides is 2. The van der Waals surface area contributed by atoms with Gasteiger partial charge in [0.15, 0.2) is 0 Å². The van der Waals surface area contributed by atoms with E-state index >= 15 is 0 Å². The van der Waals surface area contributed by atoms with Crippen molar-refractivity contribution < 1.29 is 4.79 Å². The molecule has 0 saturated heterocycles. The third kappa shape index (κ3) is 3.09. The summed E-state index contributed by atoms with van der Waals surface area (Å²) in [6, 6.07) is 7.91. The Morgan fingerprint density at radius 1 is 1.36 bits per heavy atom. The van der Waals surface area contributed by atoms with Gasteiger partial charge in [0, 0.05) is 13.6 Å². The van der Waals surface area contributed by atoms with Gasteiger partial charge >= 0.3 is 6.03 Å². The summed E-state index contributed by atoms with van der Waals surface area (Å²) in [5.41, 5.74) is 7.58. The van der Waals surface area contributed by atoms with Crippen LogP contribution in [-0.4, -0.2) is 24.5 Å². The first-order chi connectivity index (χ1) is 6.59. The van der Waals surface area contributed by atoms with Gasteiger partial charge in [0.25, 0.3) is 0 Å². The molecule has 0 aliphatic carbocycles. The predicted molar refractivity (Wildman–Crippen MR) is 57.1 cm³/mol. The number of carbonyl (C=O) groups is 1. The fourth-order valence-electron chi connectivity index (χ4n) is 1.16. The van der Waals surface area contributed by atoms with Crippen molar-refractivity contribution in [2.45, 2.75) is 13.3 Å². The van der Waals surface area contributed by atoms with Gasteiger partial charge in [0.1, 0.15) is 0 Å². The van der Waals surface area contributed by atoms with Crippen molar-refractivity contribution in [3.63, 3.8) is 0 Å². The molecule has 0 bridgehead atoms. The van der Waals surface area contributed by atoms with Gasteiger partial charge in [-0.05, 0) is 18.9 Å². The highest BCUT2D eigenvalue weighted by atomic mass is 16.2. The molecule has 2 N–H and O–H groups in total. The van der Waals surface area contributed by atoms with E-state index in [1.54, 1.807) is 7.05 Å². The maximum absolute atomic E-state index is 10.7. The van der Waals surface area contributed by atoms with Crippen molar-refractivity contribution in [1.29, 1.82) is 0 Å². The van der Waals surface area contributed by atoms with Crippen molar-refractivity contribution in [2.24, 2.45) is 5.73 Å². The van der Waals surface area contributed by atoms with Crippen LogP contribution >= 0.6 is 0 Å². The smallest absolute Gasteiger partial charge is 0.314 e. The van der Waals surface area contributed by atoms with Gasteiger partial charge in [-0.2, -0.15) is 0 Å². The molecule has 76 valence electrons. The van der Waals surface area contributed by atoms with Crippen LogP contribution in [0.1, 0.15) is 11.1 Å². The Labute approximate surface area is 84.5 Å². The van der Waals surface area contributed by atoms with Gasteiger partial charge in [-0.1, -0.05) is 29.8 Å². The van der Waals surface area contributed by atoms with Crippen LogP contribution < -0.4 is 5.73 Å². The molecular weight excluding hydrogens is 176 g/mol. The highest BCUT2D eigenvalue weighted by Gasteiger charge is 2.02. The number of carbonyl (C=O) groups excluding carboxylic acids is 1. The van der Waals surface area contributed by atoms with Crippen LogP contribution in [-0.2, 0) is 6.42 Å². The Kier molecular flexibility index (Phi) is 3.51. The summed E-state index contributed by atoms with van der Waals surface area (Å²) in [4.78, 5) is 12.2. The van der Waals surface area contributed by atoms with E-state index in [1.165, 1.54) is 16.0 Å². The quantitative estimate of drug-likeness (QED) is 0.776. The van der Waals surface area contributed by atoms with Gasteiger partial charge in [-0.15, -0.1) is 0 Å². The molecule has 0 aliphatic rings. The minimum Gasteiger partial charge on any atom is -0.351 e. The molecule has 1 aromatic rings. The largest absolute Gasteiger partial charge is 0.351 e. The molecule has 0 aromatic heterocycles. The molecule has 0 fully saturated rings. The molecule has 1 aromatic carbocycles. The molecule has 0 heterocycles. The average Bonchev–Trinajstić information content (AvgIpc) is 2.16. The summed E-state index contributed by atoms with van der Waals surface area (Å²) in [6.45, 7) is 2.72. The third-order valence-corrected chi connectivity index (χ3v) is 2.23. The van der Waals surface area contributed by atoms with Crippen LogP contribution in [0.5, 0.6) is 0 Å². The van der Waals surface area contributed by atoms with Crippen molar-refractivity contribution in [2.75, 3.05) is 13.6 Å². The van der Waals surface area contributed by atoms with Crippen molar-refractivity contribution in [3.05, 3.63) is 35.4 Å². The van der Waals surface area contributed by atoms with Gasteiger partial charge in [0.05, 0.1) is 0 Å². The number of rotatable bonds is 3. The van der Waals surface area contributed by atoms with E-state index in [0.717, 1.165) is 6.42 Å². The van der Waals surface area contributed by atoms with E-state index in [-0.39, 0.29) is 6.03 Å². The molecular formula is C11H16N2O. The summed E-state index contributed by atoms with van der Waals surface area (Å²) in [7, 11) is 1.70. The molecule has 0 atom stereocenters. The lowest BCUT2D eigenvalue weighted by Crippen LogP contribution is -2.33. The Morgan fingerprint density at radius 3 is 2.43 bits per heavy atom. The van der Waals surface area contributed by atoms with E-state index in [2.05, 4.69) is 31.2 Å². The number of aryl methyl sites for hydroxylation is 1. The van der Waals surface area contributed by atoms with Crippen LogP contribution in [0.25, 0.3) is 0 Å². The number of nitrogens with two attached hydrogens (primary N) is 1. The van der Waals surface area contributed by atoms with Crippen molar-refractivity contribution in [3.8, 4) is 0 Å². The highest BCUT2D eigenvalue weighted by molar-refractivity contribution is 5.71. The lowest BCUT2D eigenvalue weighted by atomic mass is 10.1. The van der Waals surface area contributed by atoms with Crippen LogP contribution in [0.2, 0.25) is 0 Å². The second-order valence-corrected chi connectivity index (χ2v) is 3.50. The zero-order valence-electron chi connectivity index (χ0n) is 8.66. The minimum absolute atomic E-state index is 0.378. The molecule has 0 saturated carbocycles. The fraction of sp³-hybridized carbons (Fsp3) is 0.364. The van der Waals surface area contributed by atoms with E-state index in [9.17, 15) is 4.79 Å². The molecule has 0 unspecified atom stereocenters. The number of benzene rings is 1. The lowest BCUT2D eigenvalue weighted by molar-refractivity contribution is 0.219. The van der Waals surface area contributed by atoms with Crippen LogP contribution in [0.4, 0.5) is 4.79 Å². The number of primary amides is 1. The molecule has 0 aliphatic heterocycles. The van der Waals surface area contributed by atoms with Gasteiger partial charge in [0.2, 0.25) is 0 Å². The normalized spacial score (nSPS) is 9.86. The Hall–Kier alpha value is -1.51. The predicted octanol–water partition coefficient (Wildman–Crippen LogP) is 1.55. The third-order valence-electron chi connectivity index (χ3n) is 2.23. The second-order valence-electron chi connectivity index (χ2n) is 3.50. The second kappa shape index (κ2) is 4.65. The SMILES string of the molecule is Cc1ccc(CCN(C)C(N)=O)cc1. The molecule has 0 spiro atoms. The minimum atomic E-state index is -0.378. The molecule has 14 heavy (non-hydrogen) atoms. The molecule has 1 rings (SSSR count). The standard InChI is InChI=1S/C11H16N2O/c1-9-3-5-10(6-4-9)7-8-13(2)11(12)14/h3-6H,7-8H2,1-2H3,(H2,12,14). The summed E-state index contributed by atoms with van der Waals surface area (Å²) >= 11 is 0. The monoisotopic (exact) mass is 192 g/mol. The van der Waals surface area contributed by atoms with Crippen LogP contribution in [0.3, 0.4) is 0 Å². The summed E-state index contributed by atoms with van der Waals surface area (Å²) < 4.78 is 0. The topological polar surface area (TPSA) is 46.3 Å². The van der Waals surface area contributed by atoms with Crippen LogP contribution in [0.15, 0.2) is 24.3 Å². The van der Waals surface area contributed by atoms with Gasteiger partial charge < -0.3 is 10.6 Å². The fourth-order valence-corrected chi connectivity index (χ4v) is 1.16. The average molecular weight is 192 g/mol. The zero-order valence-corrected chi connectivity index (χ0v) is 8.66. The summed E-state index contributed by atoms with van der Waals surface area (Å²) in [5, 5.41) is 0. The van der Waals surface area contributed by atoms with E-state index in [4.69, 9.17) is 5.73 Å². The first-order valence-corrected chi connectivity index (χ1v) is 4.65. The van der Waals surface area contributed by atoms with E-state index < -0.39 is 0 Å². The number of hydrogen-bond donors (Lipinski definition) is 1. The highest BCUT2D eigenvalue weighted by Crippen LogP contribution is 2.04. The number of urea groups is 1. The number of likely N-dealkylation sites (N-methyl/N-ethyl adjacent to an activating group) is 1. The van der Waals surface area contributed by atoms with Crippen LogP contribution in [0, 0.1) is 6.92 Å². The zero-order chi connectivity index (χ0) is 10.6. The molecule has 3 nitrogen and oxygen atoms in total. The Bertz CT molecular complexity index is 306. The lowest BCUT2D eigenvalue weighted by Gasteiger charge is -2.13. The first kappa shape index (κ1) is 10.6. The van der Waals surface area contributed by atoms with E-state index in [1.807, 2.05) is 0 Å².